The van der Waals surface area contributed by atoms with Crippen molar-refractivity contribution in [3.8, 4) is 5.75 Å². The first-order chi connectivity index (χ1) is 15.0. The van der Waals surface area contributed by atoms with E-state index in [2.05, 4.69) is 0 Å². The minimum atomic E-state index is -1.46. The van der Waals surface area contributed by atoms with Gasteiger partial charge in [-0.15, -0.1) is 0 Å². The third-order valence-electron chi connectivity index (χ3n) is 6.08. The maximum atomic E-state index is 10.7. The molecule has 11 nitrogen and oxygen atoms in total. The molecular weight excluding hydrogens is 416 g/mol. The molecule has 4 fully saturated rings. The molecule has 1 aromatic carbocycles. The Morgan fingerprint density at radius 2 is 1.55 bits per heavy atom. The molecule has 0 aliphatic carbocycles. The highest BCUT2D eigenvalue weighted by molar-refractivity contribution is 5.28. The highest BCUT2D eigenvalue weighted by Crippen LogP contribution is 2.37. The molecule has 4 aliphatic rings. The molecule has 0 spiro atoms. The molecule has 0 amide bonds. The fourth-order valence-corrected chi connectivity index (χ4v) is 4.31. The molecule has 11 atom stereocenters. The second-order valence-corrected chi connectivity index (χ2v) is 8.02. The molecule has 172 valence electrons. The summed E-state index contributed by atoms with van der Waals surface area (Å²) in [5, 5.41) is 41.7. The Kier molecular flexibility index (Phi) is 5.90. The molecule has 0 saturated carbocycles. The number of methoxy groups -OCH3 is 1. The second kappa shape index (κ2) is 8.52. The summed E-state index contributed by atoms with van der Waals surface area (Å²) in [6.07, 6.45) is -11.5. The first kappa shape index (κ1) is 21.5. The van der Waals surface area contributed by atoms with Gasteiger partial charge in [-0.1, -0.05) is 12.1 Å². The second-order valence-electron chi connectivity index (χ2n) is 8.02. The van der Waals surface area contributed by atoms with Gasteiger partial charge in [0.2, 0.25) is 0 Å². The first-order valence-corrected chi connectivity index (χ1v) is 10.2. The summed E-state index contributed by atoms with van der Waals surface area (Å²) < 4.78 is 39.0. The van der Waals surface area contributed by atoms with Crippen molar-refractivity contribution in [1.29, 1.82) is 0 Å². The summed E-state index contributed by atoms with van der Waals surface area (Å²) >= 11 is 0. The van der Waals surface area contributed by atoms with Gasteiger partial charge in [-0.25, -0.2) is 0 Å². The van der Waals surface area contributed by atoms with Gasteiger partial charge in [-0.2, -0.15) is 0 Å². The minimum absolute atomic E-state index is 0.0892. The van der Waals surface area contributed by atoms with Crippen LogP contribution in [0.5, 0.6) is 5.75 Å². The molecule has 31 heavy (non-hydrogen) atoms. The van der Waals surface area contributed by atoms with Crippen LogP contribution in [0.25, 0.3) is 0 Å². The Hall–Kier alpha value is -1.38. The zero-order valence-electron chi connectivity index (χ0n) is 16.7. The van der Waals surface area contributed by atoms with Crippen molar-refractivity contribution >= 4 is 0 Å². The Bertz CT molecular complexity index is 758. The maximum Gasteiger partial charge on any atom is 0.187 e. The molecule has 0 radical (unpaired) electrons. The van der Waals surface area contributed by atoms with Crippen LogP contribution in [0.15, 0.2) is 24.3 Å². The van der Waals surface area contributed by atoms with Gasteiger partial charge in [0.25, 0.3) is 0 Å². The van der Waals surface area contributed by atoms with E-state index in [4.69, 9.17) is 33.2 Å². The number of ether oxygens (including phenoxy) is 7. The first-order valence-electron chi connectivity index (χ1n) is 10.2. The predicted octanol–water partition coefficient (Wildman–Crippen LogP) is -1.58. The van der Waals surface area contributed by atoms with E-state index >= 15 is 0 Å². The molecular formula is C20H26O11. The summed E-state index contributed by atoms with van der Waals surface area (Å²) in [5.74, 6) is 0.687. The highest BCUT2D eigenvalue weighted by atomic mass is 16.8. The number of hydrogen-bond donors (Lipinski definition) is 4. The fraction of sp³-hybridized carbons (Fsp3) is 0.700. The van der Waals surface area contributed by atoms with E-state index in [0.717, 1.165) is 5.56 Å². The van der Waals surface area contributed by atoms with Gasteiger partial charge in [0, 0.05) is 5.56 Å². The number of fused-ring (bicyclic) bond motifs is 3. The fourth-order valence-electron chi connectivity index (χ4n) is 4.31. The zero-order valence-corrected chi connectivity index (χ0v) is 16.7. The van der Waals surface area contributed by atoms with Gasteiger partial charge in [0.1, 0.15) is 54.6 Å². The lowest BCUT2D eigenvalue weighted by atomic mass is 9.97. The molecule has 4 N–H and O–H groups in total. The van der Waals surface area contributed by atoms with Gasteiger partial charge < -0.3 is 53.6 Å². The van der Waals surface area contributed by atoms with Crippen LogP contribution < -0.4 is 4.74 Å². The Morgan fingerprint density at radius 1 is 0.806 bits per heavy atom. The van der Waals surface area contributed by atoms with Crippen molar-refractivity contribution in [2.75, 3.05) is 20.3 Å². The van der Waals surface area contributed by atoms with Crippen molar-refractivity contribution in [3.05, 3.63) is 29.8 Å². The number of hydrogen-bond acceptors (Lipinski definition) is 11. The van der Waals surface area contributed by atoms with Crippen molar-refractivity contribution in [2.45, 2.75) is 67.7 Å². The third kappa shape index (κ3) is 3.85. The van der Waals surface area contributed by atoms with Crippen molar-refractivity contribution in [1.82, 2.24) is 0 Å². The number of aliphatic hydroxyl groups is 4. The largest absolute Gasteiger partial charge is 0.497 e. The van der Waals surface area contributed by atoms with E-state index < -0.39 is 67.7 Å². The van der Waals surface area contributed by atoms with Gasteiger partial charge in [0.15, 0.2) is 18.9 Å². The monoisotopic (exact) mass is 442 g/mol. The maximum absolute atomic E-state index is 10.7. The highest BCUT2D eigenvalue weighted by Gasteiger charge is 2.54. The molecule has 0 aromatic heterocycles. The molecule has 5 rings (SSSR count). The lowest BCUT2D eigenvalue weighted by Crippen LogP contribution is -2.64. The summed E-state index contributed by atoms with van der Waals surface area (Å²) in [7, 11) is 1.57. The van der Waals surface area contributed by atoms with E-state index in [1.807, 2.05) is 0 Å². The number of rotatable bonds is 4. The topological polar surface area (TPSA) is 146 Å². The minimum Gasteiger partial charge on any atom is -0.497 e. The summed E-state index contributed by atoms with van der Waals surface area (Å²) in [6, 6.07) is 7.11. The van der Waals surface area contributed by atoms with E-state index in [-0.39, 0.29) is 13.2 Å². The lowest BCUT2D eigenvalue weighted by Gasteiger charge is -2.47. The van der Waals surface area contributed by atoms with Gasteiger partial charge >= 0.3 is 0 Å². The Balaban J connectivity index is 1.25. The number of benzene rings is 1. The van der Waals surface area contributed by atoms with E-state index in [1.54, 1.807) is 31.4 Å². The van der Waals surface area contributed by atoms with Gasteiger partial charge in [-0.05, 0) is 12.1 Å². The van der Waals surface area contributed by atoms with Crippen LogP contribution in [-0.4, -0.2) is 102 Å². The molecule has 1 aromatic rings. The van der Waals surface area contributed by atoms with Crippen LogP contribution in [0, 0.1) is 0 Å². The van der Waals surface area contributed by atoms with Crippen LogP contribution >= 0.6 is 0 Å². The summed E-state index contributed by atoms with van der Waals surface area (Å²) in [4.78, 5) is 0. The molecule has 4 saturated heterocycles. The predicted molar refractivity (Wildman–Crippen MR) is 98.7 cm³/mol. The zero-order chi connectivity index (χ0) is 21.7. The van der Waals surface area contributed by atoms with Crippen LogP contribution in [0.1, 0.15) is 11.9 Å². The molecule has 4 aliphatic heterocycles. The average molecular weight is 442 g/mol. The van der Waals surface area contributed by atoms with Crippen molar-refractivity contribution in [2.24, 2.45) is 0 Å². The van der Waals surface area contributed by atoms with Gasteiger partial charge in [-0.3, -0.25) is 0 Å². The van der Waals surface area contributed by atoms with Crippen molar-refractivity contribution < 1.29 is 53.6 Å². The molecule has 1 unspecified atom stereocenters. The quantitative estimate of drug-likeness (QED) is 0.428. The third-order valence-corrected chi connectivity index (χ3v) is 6.08. The summed E-state index contributed by atoms with van der Waals surface area (Å²) in [5.41, 5.74) is 0.728. The van der Waals surface area contributed by atoms with Crippen LogP contribution in [0.4, 0.5) is 0 Å². The SMILES string of the molecule is COc1ccc(C2OC[C@H]3O[C@H](O[C@H]4[C@H](O)[C@@H](O)[C@@H]5OC[C@H]4O5)[C@H](O)[C@@H](O)[C@@H]3O2)cc1. The summed E-state index contributed by atoms with van der Waals surface area (Å²) in [6.45, 7) is 0.211. The number of aliphatic hydroxyl groups excluding tert-OH is 4. The van der Waals surface area contributed by atoms with Crippen LogP contribution in [0.3, 0.4) is 0 Å². The average Bonchev–Trinajstić information content (AvgIpc) is 3.25. The Labute approximate surface area is 177 Å². The van der Waals surface area contributed by atoms with E-state index in [1.165, 1.54) is 0 Å². The molecule has 4 heterocycles. The smallest absolute Gasteiger partial charge is 0.187 e. The standard InChI is InChI=1S/C20H26O11/c1-25-9-4-2-8(3-5-9)18-26-6-11-16(30-18)13(22)15(24)20(29-11)31-17-10-7-27-19(28-10)14(23)12(17)21/h2-5,10-24H,6-7H2,1H3/t10-,11-,12-,13-,14-,15-,16-,17-,18?,19-,20-/m1/s1. The Morgan fingerprint density at radius 3 is 2.29 bits per heavy atom. The lowest BCUT2D eigenvalue weighted by molar-refractivity contribution is -0.376. The van der Waals surface area contributed by atoms with Crippen LogP contribution in [0.2, 0.25) is 0 Å². The van der Waals surface area contributed by atoms with Crippen LogP contribution in [-0.2, 0) is 28.4 Å². The van der Waals surface area contributed by atoms with Gasteiger partial charge in [0.05, 0.1) is 20.3 Å². The normalized spacial score (nSPS) is 47.1. The van der Waals surface area contributed by atoms with E-state index in [0.29, 0.717) is 5.75 Å². The van der Waals surface area contributed by atoms with Crippen molar-refractivity contribution in [3.63, 3.8) is 0 Å². The molecule has 2 bridgehead atoms. The van der Waals surface area contributed by atoms with E-state index in [9.17, 15) is 20.4 Å². The molecule has 11 heteroatoms.